The molecule has 0 N–H and O–H groups in total. The van der Waals surface area contributed by atoms with E-state index in [1.807, 2.05) is 0 Å². The third kappa shape index (κ3) is 9.39. The van der Waals surface area contributed by atoms with Crippen molar-refractivity contribution < 1.29 is 9.16 Å². The van der Waals surface area contributed by atoms with Crippen molar-refractivity contribution in [1.29, 1.82) is 0 Å². The Balaban J connectivity index is 1.19. The van der Waals surface area contributed by atoms with E-state index < -0.39 is 12.6 Å². The van der Waals surface area contributed by atoms with Crippen LogP contribution in [0.3, 0.4) is 0 Å². The van der Waals surface area contributed by atoms with Crippen LogP contribution in [0.4, 0.5) is 0 Å². The van der Waals surface area contributed by atoms with Gasteiger partial charge in [0.15, 0.2) is 0 Å². The Hall–Kier alpha value is -2.66. The fourth-order valence-electron chi connectivity index (χ4n) is 8.10. The van der Waals surface area contributed by atoms with Crippen molar-refractivity contribution in [3.8, 4) is 11.5 Å². The van der Waals surface area contributed by atoms with Crippen LogP contribution in [0, 0.1) is 20.8 Å². The van der Waals surface area contributed by atoms with Crippen LogP contribution in [0.25, 0.3) is 0 Å². The zero-order valence-electron chi connectivity index (χ0n) is 35.8. The summed E-state index contributed by atoms with van der Waals surface area (Å²) < 4.78 is 11.1. The second kappa shape index (κ2) is 17.5. The number of hydrogen-bond donors (Lipinski definition) is 0. The van der Waals surface area contributed by atoms with Crippen molar-refractivity contribution in [2.75, 3.05) is 6.16 Å². The first-order valence-corrected chi connectivity index (χ1v) is 28.7. The first kappa shape index (κ1) is 43.5. The van der Waals surface area contributed by atoms with Gasteiger partial charge in [-0.05, 0) is 75.4 Å². The van der Waals surface area contributed by atoms with E-state index in [0.717, 1.165) is 69.0 Å². The molecule has 0 fully saturated rings. The van der Waals surface area contributed by atoms with E-state index in [1.165, 1.54) is 49.3 Å². The zero-order valence-corrected chi connectivity index (χ0v) is 39.9. The summed E-state index contributed by atoms with van der Waals surface area (Å²) in [6.45, 7) is 25.3. The molecule has 5 heteroatoms. The first-order valence-electron chi connectivity index (χ1n) is 20.6. The number of fused-ring (bicyclic) bond motifs is 1. The molecule has 0 saturated carbocycles. The summed E-state index contributed by atoms with van der Waals surface area (Å²) in [6.07, 6.45) is 14.7. The van der Waals surface area contributed by atoms with E-state index in [0.29, 0.717) is 0 Å². The molecule has 296 valence electrons. The van der Waals surface area contributed by atoms with Crippen LogP contribution in [0.2, 0.25) is 18.1 Å². The molecular formula is C50H68IO2PSi. The average Bonchev–Trinajstić information content (AvgIpc) is 3.16. The molecule has 0 bridgehead atoms. The zero-order chi connectivity index (χ0) is 40.1. The molecule has 1 aliphatic heterocycles. The van der Waals surface area contributed by atoms with E-state index in [9.17, 15) is 0 Å². The van der Waals surface area contributed by atoms with Gasteiger partial charge in [-0.25, -0.2) is 0 Å². The second-order valence-corrected chi connectivity index (χ2v) is 33.6. The molecule has 4 aromatic rings. The van der Waals surface area contributed by atoms with Crippen LogP contribution < -0.4 is 25.1 Å². The number of hydrogen-bond acceptors (Lipinski definition) is 2. The van der Waals surface area contributed by atoms with Crippen LogP contribution in [0.1, 0.15) is 109 Å². The number of allylic oxidation sites excluding steroid dienone is 4. The van der Waals surface area contributed by atoms with Crippen molar-refractivity contribution in [3.63, 3.8) is 0 Å². The quantitative estimate of drug-likeness (QED) is 0.0512. The Labute approximate surface area is 349 Å². The molecule has 1 atom stereocenters. The topological polar surface area (TPSA) is 18.5 Å². The normalized spacial score (nSPS) is 17.6. The van der Waals surface area contributed by atoms with Gasteiger partial charge in [0, 0.05) is 5.56 Å². The van der Waals surface area contributed by atoms with Gasteiger partial charge in [-0.15, -0.1) is 0 Å². The SMILES string of the molecule is C/C(=C\CC[C@]1(C)CCc2c(C)c(O[Si](C)(C)C(C)(C)C)c(C)c(C)c2O1)CC/C=C(\C)CCCP(I)(c1ccccc1)(c1ccccc1)c1ccccc1. The second-order valence-electron chi connectivity index (χ2n) is 18.1. The average molecular weight is 887 g/mol. The van der Waals surface area contributed by atoms with Crippen LogP contribution in [0.5, 0.6) is 11.5 Å². The molecule has 5 rings (SSSR count). The molecule has 0 aromatic heterocycles. The van der Waals surface area contributed by atoms with E-state index in [-0.39, 0.29) is 10.6 Å². The Morgan fingerprint density at radius 1 is 0.764 bits per heavy atom. The molecule has 0 saturated heterocycles. The summed E-state index contributed by atoms with van der Waals surface area (Å²) in [5.74, 6) is 2.21. The van der Waals surface area contributed by atoms with Gasteiger partial charge in [-0.2, -0.15) is 0 Å². The van der Waals surface area contributed by atoms with Crippen molar-refractivity contribution in [2.45, 2.75) is 137 Å². The molecule has 1 heterocycles. The predicted octanol–water partition coefficient (Wildman–Crippen LogP) is 14.2. The molecule has 55 heavy (non-hydrogen) atoms. The standard InChI is InChI=1S/C50H68IO2PSi/c1-38(26-22-35-50(9)36-34-46-42(5)47(40(3)41(4)48(46)52-50)53-55(10,11)49(6,7)8)24-21-25-39(2)27-23-37-54(51,43-28-15-12-16-29-43,44-30-17-13-18-31-44)45-32-19-14-20-33-45/h12-20,25-26,28-33H,21-24,27,34-37H2,1-11H3/b38-26+,39-25+/t50-/m1/s1. The van der Waals surface area contributed by atoms with Gasteiger partial charge in [-0.3, -0.25) is 0 Å². The summed E-state index contributed by atoms with van der Waals surface area (Å²) in [6, 6.07) is 33.9. The van der Waals surface area contributed by atoms with Gasteiger partial charge in [-0.1, -0.05) is 20.8 Å². The molecule has 2 nitrogen and oxygen atoms in total. The van der Waals surface area contributed by atoms with Gasteiger partial charge in [0.2, 0.25) is 0 Å². The molecule has 0 unspecified atom stereocenters. The van der Waals surface area contributed by atoms with E-state index in [1.54, 1.807) is 0 Å². The molecule has 0 amide bonds. The summed E-state index contributed by atoms with van der Waals surface area (Å²) in [5, 5.41) is 4.55. The van der Waals surface area contributed by atoms with Crippen LogP contribution in [-0.2, 0) is 6.42 Å². The number of ether oxygens (including phenoxy) is 1. The summed E-state index contributed by atoms with van der Waals surface area (Å²) >= 11 is 2.92. The third-order valence-electron chi connectivity index (χ3n) is 13.0. The van der Waals surface area contributed by atoms with Crippen molar-refractivity contribution in [2.24, 2.45) is 0 Å². The van der Waals surface area contributed by atoms with Gasteiger partial charge in [0.25, 0.3) is 8.32 Å². The summed E-state index contributed by atoms with van der Waals surface area (Å²) in [7, 11) is -1.95. The molecule has 4 aromatic carbocycles. The maximum atomic E-state index is 6.93. The van der Waals surface area contributed by atoms with Crippen LogP contribution in [0.15, 0.2) is 114 Å². The Morgan fingerprint density at radius 2 is 1.25 bits per heavy atom. The third-order valence-corrected chi connectivity index (χ3v) is 29.0. The Morgan fingerprint density at radius 3 is 1.76 bits per heavy atom. The van der Waals surface area contributed by atoms with Crippen LogP contribution >= 0.6 is 26.3 Å². The van der Waals surface area contributed by atoms with Gasteiger partial charge >= 0.3 is 221 Å². The minimum atomic E-state index is -2.72. The fraction of sp³-hybridized carbons (Fsp3) is 0.440. The molecular weight excluding hydrogens is 819 g/mol. The van der Waals surface area contributed by atoms with Crippen molar-refractivity contribution >= 4 is 50.5 Å². The Kier molecular flexibility index (Phi) is 13.8. The molecule has 1 aliphatic rings. The first-order chi connectivity index (χ1) is 25.9. The van der Waals surface area contributed by atoms with Gasteiger partial charge in [0.1, 0.15) is 11.5 Å². The monoisotopic (exact) mass is 886 g/mol. The predicted molar refractivity (Wildman–Crippen MR) is 255 cm³/mol. The fourth-order valence-corrected chi connectivity index (χ4v) is 17.9. The van der Waals surface area contributed by atoms with E-state index >= 15 is 0 Å². The van der Waals surface area contributed by atoms with Crippen LogP contribution in [-0.4, -0.2) is 20.1 Å². The van der Waals surface area contributed by atoms with Crippen molar-refractivity contribution in [3.05, 3.63) is 137 Å². The molecule has 0 aliphatic carbocycles. The summed E-state index contributed by atoms with van der Waals surface area (Å²) in [4.78, 5) is 0. The number of halogens is 1. The summed E-state index contributed by atoms with van der Waals surface area (Å²) in [5.41, 5.74) is 7.95. The number of rotatable bonds is 15. The minimum absolute atomic E-state index is 0.153. The molecule has 0 spiro atoms. The van der Waals surface area contributed by atoms with Gasteiger partial charge < -0.3 is 9.16 Å². The van der Waals surface area contributed by atoms with E-state index in [4.69, 9.17) is 9.16 Å². The molecule has 0 radical (unpaired) electrons. The van der Waals surface area contributed by atoms with E-state index in [2.05, 4.69) is 201 Å². The van der Waals surface area contributed by atoms with Crippen molar-refractivity contribution in [1.82, 2.24) is 0 Å². The Bertz CT molecular complexity index is 1880. The maximum absolute atomic E-state index is 6.93. The number of benzene rings is 4. The van der Waals surface area contributed by atoms with Gasteiger partial charge in [0.05, 0.1) is 0 Å².